The standard InChI is InChI=1S/C13H17FN2O/c1-9(10-4-6-11(14)7-5-10)16-13(17)12-3-2-8-15-12/h4-7,9,12,15H,2-3,8H2,1H3,(H,16,17)/t9-,12?/m0/s1. The Kier molecular flexibility index (Phi) is 3.74. The van der Waals surface area contributed by atoms with Crippen LogP contribution in [-0.4, -0.2) is 18.5 Å². The van der Waals surface area contributed by atoms with Gasteiger partial charge in [0.15, 0.2) is 0 Å². The van der Waals surface area contributed by atoms with Gasteiger partial charge >= 0.3 is 0 Å². The summed E-state index contributed by atoms with van der Waals surface area (Å²) in [4.78, 5) is 11.8. The average Bonchev–Trinajstić information content (AvgIpc) is 2.83. The molecule has 2 rings (SSSR count). The Balaban J connectivity index is 1.93. The molecule has 4 heteroatoms. The number of carbonyl (C=O) groups excluding carboxylic acids is 1. The monoisotopic (exact) mass is 236 g/mol. The third-order valence-electron chi connectivity index (χ3n) is 3.11. The van der Waals surface area contributed by atoms with Crippen LogP contribution in [-0.2, 0) is 4.79 Å². The van der Waals surface area contributed by atoms with Crippen molar-refractivity contribution in [2.45, 2.75) is 31.8 Å². The van der Waals surface area contributed by atoms with Crippen LogP contribution in [0.15, 0.2) is 24.3 Å². The fraction of sp³-hybridized carbons (Fsp3) is 0.462. The summed E-state index contributed by atoms with van der Waals surface area (Å²) in [7, 11) is 0. The summed E-state index contributed by atoms with van der Waals surface area (Å²) in [6, 6.07) is 6.05. The van der Waals surface area contributed by atoms with Gasteiger partial charge in [0.05, 0.1) is 12.1 Å². The van der Waals surface area contributed by atoms with E-state index in [9.17, 15) is 9.18 Å². The zero-order chi connectivity index (χ0) is 12.3. The molecule has 0 spiro atoms. The highest BCUT2D eigenvalue weighted by Gasteiger charge is 2.23. The van der Waals surface area contributed by atoms with E-state index in [2.05, 4.69) is 10.6 Å². The fourth-order valence-corrected chi connectivity index (χ4v) is 2.06. The van der Waals surface area contributed by atoms with E-state index in [0.717, 1.165) is 24.9 Å². The van der Waals surface area contributed by atoms with Crippen molar-refractivity contribution in [1.29, 1.82) is 0 Å². The molecule has 1 aromatic carbocycles. The molecule has 1 fully saturated rings. The second kappa shape index (κ2) is 5.27. The molecule has 1 amide bonds. The fourth-order valence-electron chi connectivity index (χ4n) is 2.06. The van der Waals surface area contributed by atoms with E-state index < -0.39 is 0 Å². The highest BCUT2D eigenvalue weighted by atomic mass is 19.1. The molecule has 1 heterocycles. The van der Waals surface area contributed by atoms with Crippen LogP contribution in [0, 0.1) is 5.82 Å². The van der Waals surface area contributed by atoms with Crippen molar-refractivity contribution in [2.75, 3.05) is 6.54 Å². The summed E-state index contributed by atoms with van der Waals surface area (Å²) in [6.45, 7) is 2.81. The maximum Gasteiger partial charge on any atom is 0.237 e. The summed E-state index contributed by atoms with van der Waals surface area (Å²) in [5.41, 5.74) is 0.915. The molecule has 1 aromatic rings. The lowest BCUT2D eigenvalue weighted by molar-refractivity contribution is -0.123. The predicted molar refractivity (Wildman–Crippen MR) is 64.0 cm³/mol. The van der Waals surface area contributed by atoms with E-state index in [0.29, 0.717) is 0 Å². The normalized spacial score (nSPS) is 21.2. The van der Waals surface area contributed by atoms with E-state index >= 15 is 0 Å². The van der Waals surface area contributed by atoms with Gasteiger partial charge in [-0.3, -0.25) is 4.79 Å². The van der Waals surface area contributed by atoms with Crippen molar-refractivity contribution in [3.8, 4) is 0 Å². The number of carbonyl (C=O) groups is 1. The topological polar surface area (TPSA) is 41.1 Å². The van der Waals surface area contributed by atoms with Gasteiger partial charge in [-0.05, 0) is 44.0 Å². The van der Waals surface area contributed by atoms with Gasteiger partial charge in [-0.15, -0.1) is 0 Å². The van der Waals surface area contributed by atoms with Gasteiger partial charge < -0.3 is 10.6 Å². The maximum atomic E-state index is 12.8. The molecule has 0 bridgehead atoms. The molecule has 3 nitrogen and oxygen atoms in total. The van der Waals surface area contributed by atoms with Gasteiger partial charge in [0.1, 0.15) is 5.82 Å². The lowest BCUT2D eigenvalue weighted by Gasteiger charge is -2.17. The molecule has 0 aliphatic carbocycles. The van der Waals surface area contributed by atoms with Gasteiger partial charge in [0.25, 0.3) is 0 Å². The zero-order valence-electron chi connectivity index (χ0n) is 9.87. The first kappa shape index (κ1) is 12.0. The minimum absolute atomic E-state index is 0.0272. The molecule has 1 aliphatic rings. The van der Waals surface area contributed by atoms with E-state index in [4.69, 9.17) is 0 Å². The Morgan fingerprint density at radius 3 is 2.76 bits per heavy atom. The molecule has 17 heavy (non-hydrogen) atoms. The minimum Gasteiger partial charge on any atom is -0.348 e. The highest BCUT2D eigenvalue weighted by molar-refractivity contribution is 5.82. The third kappa shape index (κ3) is 3.03. The lowest BCUT2D eigenvalue weighted by Crippen LogP contribution is -2.41. The van der Waals surface area contributed by atoms with Crippen molar-refractivity contribution in [2.24, 2.45) is 0 Å². The summed E-state index contributed by atoms with van der Waals surface area (Å²) < 4.78 is 12.8. The number of hydrogen-bond acceptors (Lipinski definition) is 2. The van der Waals surface area contributed by atoms with Gasteiger partial charge in [0, 0.05) is 0 Å². The first-order valence-electron chi connectivity index (χ1n) is 5.96. The Morgan fingerprint density at radius 1 is 1.47 bits per heavy atom. The predicted octanol–water partition coefficient (Wildman–Crippen LogP) is 1.75. The lowest BCUT2D eigenvalue weighted by atomic mass is 10.1. The number of amides is 1. The largest absolute Gasteiger partial charge is 0.348 e. The molecule has 0 saturated carbocycles. The third-order valence-corrected chi connectivity index (χ3v) is 3.11. The smallest absolute Gasteiger partial charge is 0.237 e. The van der Waals surface area contributed by atoms with Crippen LogP contribution in [0.2, 0.25) is 0 Å². The maximum absolute atomic E-state index is 12.8. The van der Waals surface area contributed by atoms with Gasteiger partial charge in [0.2, 0.25) is 5.91 Å². The summed E-state index contributed by atoms with van der Waals surface area (Å²) in [6.07, 6.45) is 1.94. The Bertz CT molecular complexity index is 385. The van der Waals surface area contributed by atoms with Crippen LogP contribution in [0.3, 0.4) is 0 Å². The Hall–Kier alpha value is -1.42. The van der Waals surface area contributed by atoms with Gasteiger partial charge in [-0.2, -0.15) is 0 Å². The van der Waals surface area contributed by atoms with Crippen molar-refractivity contribution < 1.29 is 9.18 Å². The molecule has 2 N–H and O–H groups in total. The number of rotatable bonds is 3. The Labute approximate surface area is 100 Å². The van der Waals surface area contributed by atoms with Crippen LogP contribution >= 0.6 is 0 Å². The van der Waals surface area contributed by atoms with Crippen molar-refractivity contribution in [3.05, 3.63) is 35.6 Å². The zero-order valence-corrected chi connectivity index (χ0v) is 9.87. The molecule has 1 unspecified atom stereocenters. The van der Waals surface area contributed by atoms with E-state index in [1.54, 1.807) is 12.1 Å². The molecule has 1 aliphatic heterocycles. The van der Waals surface area contributed by atoms with E-state index in [-0.39, 0.29) is 23.8 Å². The average molecular weight is 236 g/mol. The summed E-state index contributed by atoms with van der Waals surface area (Å²) in [5.74, 6) is -0.232. The van der Waals surface area contributed by atoms with Crippen LogP contribution in [0.5, 0.6) is 0 Å². The van der Waals surface area contributed by atoms with Gasteiger partial charge in [-0.25, -0.2) is 4.39 Å². The van der Waals surface area contributed by atoms with Gasteiger partial charge in [-0.1, -0.05) is 12.1 Å². The minimum atomic E-state index is -0.260. The summed E-state index contributed by atoms with van der Waals surface area (Å²) >= 11 is 0. The van der Waals surface area contributed by atoms with Crippen LogP contribution in [0.4, 0.5) is 4.39 Å². The Morgan fingerprint density at radius 2 is 2.18 bits per heavy atom. The number of halogens is 1. The molecular formula is C13H17FN2O. The quantitative estimate of drug-likeness (QED) is 0.839. The number of nitrogens with one attached hydrogen (secondary N) is 2. The SMILES string of the molecule is C[C@H](NC(=O)C1CCCN1)c1ccc(F)cc1. The van der Waals surface area contributed by atoms with Crippen LogP contribution in [0.25, 0.3) is 0 Å². The molecule has 0 radical (unpaired) electrons. The molecular weight excluding hydrogens is 219 g/mol. The molecule has 0 aromatic heterocycles. The van der Waals surface area contributed by atoms with Crippen molar-refractivity contribution >= 4 is 5.91 Å². The number of benzene rings is 1. The highest BCUT2D eigenvalue weighted by Crippen LogP contribution is 2.14. The summed E-state index contributed by atoms with van der Waals surface area (Å²) in [5, 5.41) is 6.08. The van der Waals surface area contributed by atoms with Crippen molar-refractivity contribution in [3.63, 3.8) is 0 Å². The van der Waals surface area contributed by atoms with Crippen LogP contribution in [0.1, 0.15) is 31.4 Å². The molecule has 92 valence electrons. The second-order valence-electron chi connectivity index (χ2n) is 4.43. The molecule has 2 atom stereocenters. The van der Waals surface area contributed by atoms with E-state index in [1.165, 1.54) is 12.1 Å². The van der Waals surface area contributed by atoms with Crippen LogP contribution < -0.4 is 10.6 Å². The second-order valence-corrected chi connectivity index (χ2v) is 4.43. The molecule has 1 saturated heterocycles. The van der Waals surface area contributed by atoms with Crippen molar-refractivity contribution in [1.82, 2.24) is 10.6 Å². The first-order valence-corrected chi connectivity index (χ1v) is 5.96. The number of hydrogen-bond donors (Lipinski definition) is 2. The van der Waals surface area contributed by atoms with E-state index in [1.807, 2.05) is 6.92 Å². The first-order chi connectivity index (χ1) is 8.16.